The molecular formula is C15H19N3S. The lowest BCUT2D eigenvalue weighted by Gasteiger charge is -2.19. The first kappa shape index (κ1) is 12.6. The van der Waals surface area contributed by atoms with E-state index in [2.05, 4.69) is 46.8 Å². The van der Waals surface area contributed by atoms with Crippen molar-refractivity contribution in [2.24, 2.45) is 0 Å². The monoisotopic (exact) mass is 273 g/mol. The largest absolute Gasteiger partial charge is 0.318 e. The van der Waals surface area contributed by atoms with Crippen LogP contribution in [0.3, 0.4) is 0 Å². The molecule has 1 N–H and O–H groups in total. The van der Waals surface area contributed by atoms with E-state index in [1.165, 1.54) is 18.5 Å². The molecule has 0 saturated heterocycles. The number of hydrogen-bond acceptors (Lipinski definition) is 4. The quantitative estimate of drug-likeness (QED) is 0.872. The van der Waals surface area contributed by atoms with Crippen molar-refractivity contribution in [1.82, 2.24) is 10.3 Å². The SMILES string of the molecule is CCN(c1ccccc1)c1nc(CNC2CC2)cs1. The highest BCUT2D eigenvalue weighted by Gasteiger charge is 2.20. The van der Waals surface area contributed by atoms with Gasteiger partial charge in [0.25, 0.3) is 0 Å². The van der Waals surface area contributed by atoms with Gasteiger partial charge in [0.2, 0.25) is 0 Å². The van der Waals surface area contributed by atoms with Gasteiger partial charge in [-0.25, -0.2) is 4.98 Å². The van der Waals surface area contributed by atoms with Crippen molar-refractivity contribution in [3.8, 4) is 0 Å². The minimum absolute atomic E-state index is 0.738. The lowest BCUT2D eigenvalue weighted by molar-refractivity contribution is 0.677. The van der Waals surface area contributed by atoms with Crippen LogP contribution in [-0.2, 0) is 6.54 Å². The van der Waals surface area contributed by atoms with Crippen LogP contribution in [0.4, 0.5) is 10.8 Å². The Morgan fingerprint density at radius 3 is 2.79 bits per heavy atom. The molecule has 1 heterocycles. The molecule has 2 aromatic rings. The normalized spacial score (nSPS) is 14.6. The van der Waals surface area contributed by atoms with Crippen LogP contribution in [0.2, 0.25) is 0 Å². The van der Waals surface area contributed by atoms with Crippen molar-refractivity contribution in [2.75, 3.05) is 11.4 Å². The molecular weight excluding hydrogens is 254 g/mol. The van der Waals surface area contributed by atoms with Crippen molar-refractivity contribution in [3.63, 3.8) is 0 Å². The molecule has 3 rings (SSSR count). The van der Waals surface area contributed by atoms with Crippen molar-refractivity contribution in [3.05, 3.63) is 41.4 Å². The lowest BCUT2D eigenvalue weighted by Crippen LogP contribution is -2.17. The molecule has 1 aromatic carbocycles. The Balaban J connectivity index is 1.72. The molecule has 19 heavy (non-hydrogen) atoms. The van der Waals surface area contributed by atoms with Gasteiger partial charge in [-0.1, -0.05) is 18.2 Å². The highest BCUT2D eigenvalue weighted by Crippen LogP contribution is 2.28. The fourth-order valence-corrected chi connectivity index (χ4v) is 2.98. The molecule has 100 valence electrons. The second kappa shape index (κ2) is 5.72. The zero-order chi connectivity index (χ0) is 13.1. The first-order chi connectivity index (χ1) is 9.36. The number of nitrogens with one attached hydrogen (secondary N) is 1. The van der Waals surface area contributed by atoms with E-state index >= 15 is 0 Å². The molecule has 3 nitrogen and oxygen atoms in total. The Morgan fingerprint density at radius 1 is 1.32 bits per heavy atom. The number of para-hydroxylation sites is 1. The fourth-order valence-electron chi connectivity index (χ4n) is 2.07. The lowest BCUT2D eigenvalue weighted by atomic mass is 10.3. The van der Waals surface area contributed by atoms with Crippen LogP contribution in [0.25, 0.3) is 0 Å². The molecule has 1 fully saturated rings. The van der Waals surface area contributed by atoms with Crippen molar-refractivity contribution in [2.45, 2.75) is 32.4 Å². The Labute approximate surface area is 118 Å². The number of benzene rings is 1. The maximum absolute atomic E-state index is 4.74. The van der Waals surface area contributed by atoms with Crippen molar-refractivity contribution >= 4 is 22.2 Å². The summed E-state index contributed by atoms with van der Waals surface area (Å²) in [6.45, 7) is 4.00. The molecule has 4 heteroatoms. The van der Waals surface area contributed by atoms with Crippen LogP contribution < -0.4 is 10.2 Å². The summed E-state index contributed by atoms with van der Waals surface area (Å²) in [6, 6.07) is 11.2. The molecule has 0 unspecified atom stereocenters. The maximum atomic E-state index is 4.74. The third-order valence-electron chi connectivity index (χ3n) is 3.30. The molecule has 0 aliphatic heterocycles. The van der Waals surface area contributed by atoms with E-state index in [9.17, 15) is 0 Å². The van der Waals surface area contributed by atoms with Crippen LogP contribution in [-0.4, -0.2) is 17.6 Å². The summed E-state index contributed by atoms with van der Waals surface area (Å²) in [4.78, 5) is 6.99. The van der Waals surface area contributed by atoms with E-state index in [0.29, 0.717) is 0 Å². The van der Waals surface area contributed by atoms with Gasteiger partial charge in [0, 0.05) is 30.2 Å². The average molecular weight is 273 g/mol. The summed E-state index contributed by atoms with van der Waals surface area (Å²) in [5, 5.41) is 6.76. The van der Waals surface area contributed by atoms with E-state index in [-0.39, 0.29) is 0 Å². The fraction of sp³-hybridized carbons (Fsp3) is 0.400. The molecule has 0 atom stereocenters. The number of thiazole rings is 1. The second-order valence-corrected chi connectivity index (χ2v) is 5.69. The number of aromatic nitrogens is 1. The van der Waals surface area contributed by atoms with E-state index in [1.807, 2.05) is 6.07 Å². The summed E-state index contributed by atoms with van der Waals surface area (Å²) in [5.74, 6) is 0. The van der Waals surface area contributed by atoms with Gasteiger partial charge < -0.3 is 10.2 Å². The first-order valence-corrected chi connectivity index (χ1v) is 7.75. The van der Waals surface area contributed by atoms with Crippen LogP contribution in [0.1, 0.15) is 25.5 Å². The zero-order valence-corrected chi connectivity index (χ0v) is 12.0. The summed E-state index contributed by atoms with van der Waals surface area (Å²) in [6.07, 6.45) is 2.64. The summed E-state index contributed by atoms with van der Waals surface area (Å²) < 4.78 is 0. The van der Waals surface area contributed by atoms with Crippen LogP contribution in [0.5, 0.6) is 0 Å². The molecule has 0 amide bonds. The predicted octanol–water partition coefficient (Wildman–Crippen LogP) is 3.55. The van der Waals surface area contributed by atoms with Gasteiger partial charge in [-0.3, -0.25) is 0 Å². The molecule has 1 aliphatic rings. The first-order valence-electron chi connectivity index (χ1n) is 6.87. The molecule has 1 aliphatic carbocycles. The summed E-state index contributed by atoms with van der Waals surface area (Å²) in [5.41, 5.74) is 2.36. The van der Waals surface area contributed by atoms with E-state index in [4.69, 9.17) is 4.98 Å². The third-order valence-corrected chi connectivity index (χ3v) is 4.22. The Hall–Kier alpha value is -1.39. The molecule has 0 spiro atoms. The standard InChI is InChI=1S/C15H19N3S/c1-2-18(14-6-4-3-5-7-14)15-17-13(11-19-15)10-16-12-8-9-12/h3-7,11-12,16H,2,8-10H2,1H3. The van der Waals surface area contributed by atoms with Crippen molar-refractivity contribution < 1.29 is 0 Å². The molecule has 1 saturated carbocycles. The van der Waals surface area contributed by atoms with Gasteiger partial charge in [0.1, 0.15) is 0 Å². The van der Waals surface area contributed by atoms with Gasteiger partial charge in [-0.05, 0) is 31.9 Å². The van der Waals surface area contributed by atoms with Crippen LogP contribution in [0.15, 0.2) is 35.7 Å². The number of hydrogen-bond donors (Lipinski definition) is 1. The minimum atomic E-state index is 0.738. The van der Waals surface area contributed by atoms with E-state index in [1.54, 1.807) is 11.3 Å². The maximum Gasteiger partial charge on any atom is 0.190 e. The van der Waals surface area contributed by atoms with Crippen LogP contribution >= 0.6 is 11.3 Å². The number of rotatable bonds is 6. The van der Waals surface area contributed by atoms with Crippen molar-refractivity contribution in [1.29, 1.82) is 0 Å². The topological polar surface area (TPSA) is 28.2 Å². The third kappa shape index (κ3) is 3.14. The Bertz CT molecular complexity index is 519. The molecule has 1 aromatic heterocycles. The predicted molar refractivity (Wildman–Crippen MR) is 81.1 cm³/mol. The molecule has 0 radical (unpaired) electrons. The second-order valence-electron chi connectivity index (χ2n) is 4.86. The van der Waals surface area contributed by atoms with Gasteiger partial charge in [-0.15, -0.1) is 11.3 Å². The molecule has 0 bridgehead atoms. The van der Waals surface area contributed by atoms with E-state index < -0.39 is 0 Å². The average Bonchev–Trinajstić information content (AvgIpc) is 3.17. The zero-order valence-electron chi connectivity index (χ0n) is 11.2. The Kier molecular flexibility index (Phi) is 3.80. The van der Waals surface area contributed by atoms with Gasteiger partial charge in [0.15, 0.2) is 5.13 Å². The van der Waals surface area contributed by atoms with Gasteiger partial charge in [0.05, 0.1) is 5.69 Å². The smallest absolute Gasteiger partial charge is 0.190 e. The highest BCUT2D eigenvalue weighted by molar-refractivity contribution is 7.13. The summed E-state index contributed by atoms with van der Waals surface area (Å²) >= 11 is 1.72. The minimum Gasteiger partial charge on any atom is -0.318 e. The summed E-state index contributed by atoms with van der Waals surface area (Å²) in [7, 11) is 0. The number of anilines is 2. The number of nitrogens with zero attached hydrogens (tertiary/aromatic N) is 2. The Morgan fingerprint density at radius 2 is 2.11 bits per heavy atom. The van der Waals surface area contributed by atoms with E-state index in [0.717, 1.165) is 30.0 Å². The van der Waals surface area contributed by atoms with Crippen LogP contribution in [0, 0.1) is 0 Å². The van der Waals surface area contributed by atoms with Gasteiger partial charge in [-0.2, -0.15) is 0 Å². The van der Waals surface area contributed by atoms with Gasteiger partial charge >= 0.3 is 0 Å². The highest BCUT2D eigenvalue weighted by atomic mass is 32.1.